The second kappa shape index (κ2) is 15.2. The van der Waals surface area contributed by atoms with E-state index < -0.39 is 0 Å². The summed E-state index contributed by atoms with van der Waals surface area (Å²) in [5, 5.41) is 6.95. The Labute approximate surface area is 334 Å². The van der Waals surface area contributed by atoms with E-state index in [1.807, 2.05) is 41.8 Å². The van der Waals surface area contributed by atoms with E-state index >= 15 is 0 Å². The van der Waals surface area contributed by atoms with Crippen LogP contribution in [0.1, 0.15) is 50.2 Å². The van der Waals surface area contributed by atoms with E-state index in [2.05, 4.69) is 58.2 Å². The first-order valence-corrected chi connectivity index (χ1v) is 18.7. The van der Waals surface area contributed by atoms with Crippen LogP contribution in [0.3, 0.4) is 0 Å². The molecule has 0 spiro atoms. The number of benzene rings is 3. The first kappa shape index (κ1) is 38.7. The van der Waals surface area contributed by atoms with Crippen LogP contribution in [0.25, 0.3) is 5.69 Å². The number of nitrogens with one attached hydrogen (secondary N) is 2. The minimum absolute atomic E-state index is 0.132. The Morgan fingerprint density at radius 1 is 0.732 bits per heavy atom. The van der Waals surface area contributed by atoms with Crippen LogP contribution >= 0.6 is 23.2 Å². The van der Waals surface area contributed by atoms with Gasteiger partial charge in [0, 0.05) is 73.1 Å². The fourth-order valence-electron chi connectivity index (χ4n) is 7.42. The summed E-state index contributed by atoms with van der Waals surface area (Å²) in [5.41, 5.74) is 5.39. The third-order valence-electron chi connectivity index (χ3n) is 9.96. The zero-order chi connectivity index (χ0) is 39.9. The molecule has 6 aromatic rings. The van der Waals surface area contributed by atoms with Crippen molar-refractivity contribution in [3.05, 3.63) is 124 Å². The lowest BCUT2D eigenvalue weighted by Gasteiger charge is -2.21. The number of halogens is 4. The van der Waals surface area contributed by atoms with E-state index in [1.165, 1.54) is 24.3 Å². The zero-order valence-electron chi connectivity index (χ0n) is 32.1. The maximum absolute atomic E-state index is 13.6. The van der Waals surface area contributed by atoms with Crippen molar-refractivity contribution in [2.24, 2.45) is 0 Å². The van der Waals surface area contributed by atoms with Gasteiger partial charge in [0.2, 0.25) is 5.28 Å². The second-order valence-corrected chi connectivity index (χ2v) is 15.6. The Balaban J connectivity index is 0.000000195. The molecule has 15 heteroatoms. The SMILES string of the molecule is CNc1nc(Cc2ccc(-n3cnc(Cl)c3)c(OC)c2)nc2c1C(C)(C)CN2c1ccc(F)cc1.CNc1nc(Cl)nc2c1C(C)(C)CN2c1ccc(F)cc1. The zero-order valence-corrected chi connectivity index (χ0v) is 33.6. The number of imidazole rings is 1. The minimum atomic E-state index is -0.262. The van der Waals surface area contributed by atoms with Gasteiger partial charge in [0.05, 0.1) is 12.8 Å². The molecule has 8 rings (SSSR count). The molecule has 2 aliphatic rings. The molecule has 5 heterocycles. The molecule has 2 aliphatic heterocycles. The molecule has 3 aromatic heterocycles. The molecule has 11 nitrogen and oxygen atoms in total. The fraction of sp³-hybridized carbons (Fsp3) is 0.293. The van der Waals surface area contributed by atoms with Crippen molar-refractivity contribution in [1.29, 1.82) is 0 Å². The Morgan fingerprint density at radius 3 is 1.77 bits per heavy atom. The summed E-state index contributed by atoms with van der Waals surface area (Å²) in [5.74, 6) is 4.01. The number of methoxy groups -OCH3 is 1. The Bertz CT molecular complexity index is 2390. The van der Waals surface area contributed by atoms with Gasteiger partial charge in [-0.25, -0.2) is 28.7 Å². The van der Waals surface area contributed by atoms with E-state index in [-0.39, 0.29) is 27.7 Å². The van der Waals surface area contributed by atoms with Gasteiger partial charge in [0.15, 0.2) is 0 Å². The summed E-state index contributed by atoms with van der Waals surface area (Å²) in [7, 11) is 5.32. The molecule has 0 unspecified atom stereocenters. The number of rotatable bonds is 8. The van der Waals surface area contributed by atoms with Gasteiger partial charge in [-0.1, -0.05) is 45.4 Å². The van der Waals surface area contributed by atoms with Crippen LogP contribution in [-0.4, -0.2) is 63.8 Å². The van der Waals surface area contributed by atoms with Gasteiger partial charge in [-0.2, -0.15) is 4.98 Å². The summed E-state index contributed by atoms with van der Waals surface area (Å²) in [6.45, 7) is 10.1. The van der Waals surface area contributed by atoms with Gasteiger partial charge < -0.3 is 29.7 Å². The molecule has 3 aromatic carbocycles. The van der Waals surface area contributed by atoms with Crippen LogP contribution < -0.4 is 25.2 Å². The third kappa shape index (κ3) is 7.53. The molecule has 0 bridgehead atoms. The lowest BCUT2D eigenvalue weighted by Crippen LogP contribution is -2.25. The van der Waals surface area contributed by atoms with Crippen LogP contribution in [0, 0.1) is 11.6 Å². The van der Waals surface area contributed by atoms with E-state index in [9.17, 15) is 8.78 Å². The molecule has 0 amide bonds. The molecular weight excluding hydrogens is 757 g/mol. The Kier molecular flexibility index (Phi) is 10.5. The van der Waals surface area contributed by atoms with Gasteiger partial charge in [-0.05, 0) is 77.8 Å². The molecule has 0 fully saturated rings. The van der Waals surface area contributed by atoms with E-state index in [0.717, 1.165) is 70.1 Å². The van der Waals surface area contributed by atoms with Crippen LogP contribution in [0.5, 0.6) is 5.75 Å². The highest BCUT2D eigenvalue weighted by Crippen LogP contribution is 2.47. The van der Waals surface area contributed by atoms with Gasteiger partial charge >= 0.3 is 0 Å². The highest BCUT2D eigenvalue weighted by atomic mass is 35.5. The first-order valence-electron chi connectivity index (χ1n) is 18.0. The van der Waals surface area contributed by atoms with Crippen molar-refractivity contribution in [3.63, 3.8) is 0 Å². The van der Waals surface area contributed by atoms with Gasteiger partial charge in [-0.3, -0.25) is 0 Å². The number of fused-ring (bicyclic) bond motifs is 2. The van der Waals surface area contributed by atoms with Gasteiger partial charge in [0.25, 0.3) is 0 Å². The van der Waals surface area contributed by atoms with Crippen molar-refractivity contribution >= 4 is 57.8 Å². The first-order chi connectivity index (χ1) is 26.7. The number of hydrogen-bond acceptors (Lipinski definition) is 10. The summed E-state index contributed by atoms with van der Waals surface area (Å²) in [6, 6.07) is 18.9. The number of ether oxygens (including phenoxy) is 1. The smallest absolute Gasteiger partial charge is 0.226 e. The maximum Gasteiger partial charge on any atom is 0.226 e. The lowest BCUT2D eigenvalue weighted by molar-refractivity contribution is 0.412. The topological polar surface area (TPSA) is 109 Å². The summed E-state index contributed by atoms with van der Waals surface area (Å²) in [4.78, 5) is 26.7. The predicted octanol–water partition coefficient (Wildman–Crippen LogP) is 9.27. The normalized spacial score (nSPS) is 14.8. The monoisotopic (exact) mass is 798 g/mol. The lowest BCUT2D eigenvalue weighted by atomic mass is 9.88. The van der Waals surface area contributed by atoms with Crippen LogP contribution in [-0.2, 0) is 17.3 Å². The molecule has 0 atom stereocenters. The van der Waals surface area contributed by atoms with Crippen molar-refractivity contribution < 1.29 is 13.5 Å². The van der Waals surface area contributed by atoms with Crippen molar-refractivity contribution in [3.8, 4) is 11.4 Å². The highest BCUT2D eigenvalue weighted by Gasteiger charge is 2.41. The average molecular weight is 800 g/mol. The number of hydrogen-bond donors (Lipinski definition) is 2. The second-order valence-electron chi connectivity index (χ2n) is 14.9. The maximum atomic E-state index is 13.6. The van der Waals surface area contributed by atoms with Gasteiger partial charge in [0.1, 0.15) is 58.0 Å². The van der Waals surface area contributed by atoms with Crippen molar-refractivity contribution in [2.75, 3.05) is 54.7 Å². The Hall–Kier alpha value is -5.53. The molecule has 0 saturated carbocycles. The molecule has 56 heavy (non-hydrogen) atoms. The minimum Gasteiger partial charge on any atom is -0.495 e. The van der Waals surface area contributed by atoms with Crippen molar-refractivity contribution in [1.82, 2.24) is 29.5 Å². The van der Waals surface area contributed by atoms with Crippen LogP contribution in [0.4, 0.5) is 43.4 Å². The van der Waals surface area contributed by atoms with Gasteiger partial charge in [-0.15, -0.1) is 0 Å². The molecular formula is C41H42Cl2F2N10O. The van der Waals surface area contributed by atoms with Crippen LogP contribution in [0.15, 0.2) is 79.3 Å². The Morgan fingerprint density at radius 2 is 1.27 bits per heavy atom. The van der Waals surface area contributed by atoms with Crippen molar-refractivity contribution in [2.45, 2.75) is 44.9 Å². The molecule has 290 valence electrons. The standard InChI is InChI=1S/C26H26ClFN6O.C15H16ClFN4/c1-26(2)14-34(18-8-6-17(28)7-9-18)25-23(26)24(29-3)31-22(32-25)12-16-5-10-19(20(11-16)35-4)33-13-21(27)30-15-33;1-15(2)8-21(10-6-4-9(17)5-7-10)13-11(15)12(18-3)19-14(16)20-13/h5-11,13,15H,12,14H2,1-4H3,(H,29,31,32);4-7H,8H2,1-3H3,(H,18,19,20). The predicted molar refractivity (Wildman–Crippen MR) is 219 cm³/mol. The summed E-state index contributed by atoms with van der Waals surface area (Å²) in [6.07, 6.45) is 3.89. The third-order valence-corrected chi connectivity index (χ3v) is 10.3. The average Bonchev–Trinajstić information content (AvgIpc) is 3.81. The summed E-state index contributed by atoms with van der Waals surface area (Å²) < 4.78 is 34.2. The van der Waals surface area contributed by atoms with E-state index in [0.29, 0.717) is 23.1 Å². The number of anilines is 6. The molecule has 0 radical (unpaired) electrons. The molecule has 0 aliphatic carbocycles. The van der Waals surface area contributed by atoms with Crippen LogP contribution in [0.2, 0.25) is 10.4 Å². The largest absolute Gasteiger partial charge is 0.495 e. The number of aromatic nitrogens is 6. The quantitative estimate of drug-likeness (QED) is 0.145. The number of nitrogens with zero attached hydrogens (tertiary/aromatic N) is 8. The summed E-state index contributed by atoms with van der Waals surface area (Å²) >= 11 is 12.0. The van der Waals surface area contributed by atoms with E-state index in [1.54, 1.807) is 43.9 Å². The molecule has 2 N–H and O–H groups in total. The molecule has 0 saturated heterocycles. The van der Waals surface area contributed by atoms with E-state index in [4.69, 9.17) is 37.9 Å². The highest BCUT2D eigenvalue weighted by molar-refractivity contribution is 6.29. The fourth-order valence-corrected chi connectivity index (χ4v) is 7.73.